The number of ether oxygens (including phenoxy) is 1. The standard InChI is InChI=1S/C17H23N3O/c1-20-14-6-3-2-5-13(14)16(19-20)15(18)12-7-10-21-17(11-12)8-4-9-17/h2-3,5-6,12,15H,4,7-11,18H2,1H3. The van der Waals surface area contributed by atoms with Crippen LogP contribution in [-0.4, -0.2) is 22.0 Å². The van der Waals surface area contributed by atoms with E-state index in [1.807, 2.05) is 11.7 Å². The number of para-hydroxylation sites is 1. The van der Waals surface area contributed by atoms with Crippen LogP contribution < -0.4 is 5.73 Å². The first-order chi connectivity index (χ1) is 10.2. The minimum atomic E-state index is 0.0116. The molecule has 2 heterocycles. The SMILES string of the molecule is Cn1nc(C(N)C2CCOC3(CCC3)C2)c2ccccc21. The Balaban J connectivity index is 1.65. The highest BCUT2D eigenvalue weighted by molar-refractivity contribution is 5.82. The Bertz CT molecular complexity index is 659. The van der Waals surface area contributed by atoms with Crippen LogP contribution in [0, 0.1) is 5.92 Å². The molecular weight excluding hydrogens is 262 g/mol. The molecule has 1 aromatic heterocycles. The number of fused-ring (bicyclic) bond motifs is 1. The molecule has 2 fully saturated rings. The molecule has 1 aromatic carbocycles. The second-order valence-electron chi connectivity index (χ2n) is 6.69. The fourth-order valence-electron chi connectivity index (χ4n) is 4.00. The number of aryl methyl sites for hydroxylation is 1. The Labute approximate surface area is 125 Å². The first-order valence-corrected chi connectivity index (χ1v) is 8.00. The molecule has 1 aliphatic carbocycles. The fraction of sp³-hybridized carbons (Fsp3) is 0.588. The van der Waals surface area contributed by atoms with Gasteiger partial charge in [-0.2, -0.15) is 5.10 Å². The highest BCUT2D eigenvalue weighted by Crippen LogP contribution is 2.47. The van der Waals surface area contributed by atoms with E-state index in [9.17, 15) is 0 Å². The Hall–Kier alpha value is -1.39. The van der Waals surface area contributed by atoms with E-state index in [1.165, 1.54) is 24.6 Å². The maximum absolute atomic E-state index is 6.62. The predicted octanol–water partition coefficient (Wildman–Crippen LogP) is 2.92. The predicted molar refractivity (Wildman–Crippen MR) is 82.9 cm³/mol. The van der Waals surface area contributed by atoms with Crippen molar-refractivity contribution >= 4 is 10.9 Å². The number of nitrogens with zero attached hydrogens (tertiary/aromatic N) is 2. The van der Waals surface area contributed by atoms with E-state index in [4.69, 9.17) is 15.6 Å². The van der Waals surface area contributed by atoms with E-state index in [0.29, 0.717) is 5.92 Å². The first kappa shape index (κ1) is 13.3. The van der Waals surface area contributed by atoms with Gasteiger partial charge in [-0.25, -0.2) is 0 Å². The minimum absolute atomic E-state index is 0.0116. The van der Waals surface area contributed by atoms with Crippen LogP contribution >= 0.6 is 0 Å². The average molecular weight is 285 g/mol. The minimum Gasteiger partial charge on any atom is -0.375 e. The van der Waals surface area contributed by atoms with Crippen molar-refractivity contribution in [2.45, 2.75) is 43.7 Å². The number of hydrogen-bond acceptors (Lipinski definition) is 3. The zero-order valence-corrected chi connectivity index (χ0v) is 12.6. The van der Waals surface area contributed by atoms with Crippen LogP contribution in [0.15, 0.2) is 24.3 Å². The van der Waals surface area contributed by atoms with Crippen LogP contribution in [0.3, 0.4) is 0 Å². The molecule has 2 atom stereocenters. The molecule has 4 heteroatoms. The van der Waals surface area contributed by atoms with Crippen LogP contribution in [0.25, 0.3) is 10.9 Å². The lowest BCUT2D eigenvalue weighted by molar-refractivity contribution is -0.146. The zero-order chi connectivity index (χ0) is 14.4. The second kappa shape index (κ2) is 4.82. The summed E-state index contributed by atoms with van der Waals surface area (Å²) in [4.78, 5) is 0. The Morgan fingerprint density at radius 3 is 2.95 bits per heavy atom. The molecule has 0 radical (unpaired) electrons. The zero-order valence-electron chi connectivity index (χ0n) is 12.6. The molecule has 2 aromatic rings. The number of rotatable bonds is 2. The van der Waals surface area contributed by atoms with Gasteiger partial charge in [0, 0.05) is 19.0 Å². The quantitative estimate of drug-likeness (QED) is 0.923. The number of aromatic nitrogens is 2. The van der Waals surface area contributed by atoms with Crippen molar-refractivity contribution < 1.29 is 4.74 Å². The van der Waals surface area contributed by atoms with Gasteiger partial charge < -0.3 is 10.5 Å². The molecule has 21 heavy (non-hydrogen) atoms. The van der Waals surface area contributed by atoms with Gasteiger partial charge >= 0.3 is 0 Å². The van der Waals surface area contributed by atoms with Gasteiger partial charge in [0.15, 0.2) is 0 Å². The Morgan fingerprint density at radius 2 is 2.19 bits per heavy atom. The lowest BCUT2D eigenvalue weighted by atomic mass is 9.70. The molecule has 1 spiro atoms. The Morgan fingerprint density at radius 1 is 1.38 bits per heavy atom. The highest BCUT2D eigenvalue weighted by atomic mass is 16.5. The number of benzene rings is 1. The lowest BCUT2D eigenvalue weighted by Crippen LogP contribution is -2.47. The summed E-state index contributed by atoms with van der Waals surface area (Å²) in [5, 5.41) is 5.90. The van der Waals surface area contributed by atoms with Crippen molar-refractivity contribution in [3.63, 3.8) is 0 Å². The third-order valence-corrected chi connectivity index (χ3v) is 5.41. The first-order valence-electron chi connectivity index (χ1n) is 8.00. The summed E-state index contributed by atoms with van der Waals surface area (Å²) >= 11 is 0. The van der Waals surface area contributed by atoms with E-state index < -0.39 is 0 Å². The van der Waals surface area contributed by atoms with Crippen LogP contribution in [-0.2, 0) is 11.8 Å². The molecule has 0 amide bonds. The second-order valence-corrected chi connectivity index (χ2v) is 6.69. The monoisotopic (exact) mass is 285 g/mol. The molecule has 1 saturated heterocycles. The van der Waals surface area contributed by atoms with Crippen molar-refractivity contribution in [2.24, 2.45) is 18.7 Å². The molecular formula is C17H23N3O. The molecule has 1 aliphatic heterocycles. The molecule has 4 rings (SSSR count). The average Bonchev–Trinajstić information content (AvgIpc) is 2.83. The molecule has 2 N–H and O–H groups in total. The van der Waals surface area contributed by atoms with Crippen molar-refractivity contribution in [3.05, 3.63) is 30.0 Å². The summed E-state index contributed by atoms with van der Waals surface area (Å²) in [6.45, 7) is 0.850. The van der Waals surface area contributed by atoms with Crippen molar-refractivity contribution in [2.75, 3.05) is 6.61 Å². The summed E-state index contributed by atoms with van der Waals surface area (Å²) in [7, 11) is 2.00. The van der Waals surface area contributed by atoms with Gasteiger partial charge in [-0.1, -0.05) is 18.2 Å². The third-order valence-electron chi connectivity index (χ3n) is 5.41. The molecule has 112 valence electrons. The van der Waals surface area contributed by atoms with Gasteiger partial charge in [0.25, 0.3) is 0 Å². The van der Waals surface area contributed by atoms with Gasteiger partial charge in [-0.15, -0.1) is 0 Å². The van der Waals surface area contributed by atoms with E-state index in [2.05, 4.69) is 24.3 Å². The third kappa shape index (κ3) is 2.09. The van der Waals surface area contributed by atoms with Crippen molar-refractivity contribution in [3.8, 4) is 0 Å². The van der Waals surface area contributed by atoms with Crippen molar-refractivity contribution in [1.82, 2.24) is 9.78 Å². The van der Waals surface area contributed by atoms with Crippen molar-refractivity contribution in [1.29, 1.82) is 0 Å². The largest absolute Gasteiger partial charge is 0.375 e. The molecule has 1 saturated carbocycles. The number of nitrogens with two attached hydrogens (primary N) is 1. The van der Waals surface area contributed by atoms with E-state index in [0.717, 1.165) is 30.7 Å². The summed E-state index contributed by atoms with van der Waals surface area (Å²) in [5.74, 6) is 0.484. The molecule has 2 unspecified atom stereocenters. The summed E-state index contributed by atoms with van der Waals surface area (Å²) in [6.07, 6.45) is 5.86. The van der Waals surface area contributed by atoms with Crippen LogP contribution in [0.4, 0.5) is 0 Å². The maximum atomic E-state index is 6.62. The van der Waals surface area contributed by atoms with Crippen LogP contribution in [0.5, 0.6) is 0 Å². The normalized spacial score (nSPS) is 25.9. The summed E-state index contributed by atoms with van der Waals surface area (Å²) < 4.78 is 7.98. The van der Waals surface area contributed by atoms with Crippen LogP contribution in [0.2, 0.25) is 0 Å². The summed E-state index contributed by atoms with van der Waals surface area (Å²) in [6, 6.07) is 8.37. The topological polar surface area (TPSA) is 53.1 Å². The van der Waals surface area contributed by atoms with Gasteiger partial charge in [0.2, 0.25) is 0 Å². The fourth-order valence-corrected chi connectivity index (χ4v) is 4.00. The Kier molecular flexibility index (Phi) is 3.05. The van der Waals surface area contributed by atoms with Gasteiger partial charge in [0.05, 0.1) is 22.9 Å². The number of hydrogen-bond donors (Lipinski definition) is 1. The molecule has 4 nitrogen and oxygen atoms in total. The summed E-state index contributed by atoms with van der Waals surface area (Å²) in [5.41, 5.74) is 8.97. The smallest absolute Gasteiger partial charge is 0.0873 e. The molecule has 0 bridgehead atoms. The van der Waals surface area contributed by atoms with E-state index >= 15 is 0 Å². The lowest BCUT2D eigenvalue weighted by Gasteiger charge is -2.48. The van der Waals surface area contributed by atoms with Gasteiger partial charge in [0.1, 0.15) is 0 Å². The maximum Gasteiger partial charge on any atom is 0.0873 e. The molecule has 2 aliphatic rings. The van der Waals surface area contributed by atoms with Gasteiger partial charge in [-0.3, -0.25) is 4.68 Å². The van der Waals surface area contributed by atoms with Crippen LogP contribution in [0.1, 0.15) is 43.8 Å². The van der Waals surface area contributed by atoms with Gasteiger partial charge in [-0.05, 0) is 44.1 Å². The van der Waals surface area contributed by atoms with E-state index in [-0.39, 0.29) is 11.6 Å². The van der Waals surface area contributed by atoms with E-state index in [1.54, 1.807) is 0 Å². The highest BCUT2D eigenvalue weighted by Gasteiger charge is 2.44.